The fraction of sp³-hybridized carbons (Fsp3) is 0.333. The Balaban J connectivity index is 2.14. The second-order valence-electron chi connectivity index (χ2n) is 3.92. The molecule has 2 aromatic rings. The highest BCUT2D eigenvalue weighted by Crippen LogP contribution is 2.29. The maximum atomic E-state index is 11.8. The molecule has 5 nitrogen and oxygen atoms in total. The average molecular weight is 297 g/mol. The lowest BCUT2D eigenvalue weighted by molar-refractivity contribution is -0.118. The van der Waals surface area contributed by atoms with Gasteiger partial charge >= 0.3 is 0 Å². The van der Waals surface area contributed by atoms with Gasteiger partial charge in [0.15, 0.2) is 4.34 Å². The highest BCUT2D eigenvalue weighted by molar-refractivity contribution is 8.00. The van der Waals surface area contributed by atoms with Crippen LogP contribution >= 0.6 is 23.1 Å². The van der Waals surface area contributed by atoms with Crippen LogP contribution in [0.4, 0.5) is 5.69 Å². The van der Waals surface area contributed by atoms with Crippen LogP contribution in [-0.4, -0.2) is 36.9 Å². The fourth-order valence-corrected chi connectivity index (χ4v) is 3.09. The molecule has 2 rings (SSSR count). The number of hydrogen-bond donors (Lipinski definition) is 2. The Morgan fingerprint density at radius 1 is 1.63 bits per heavy atom. The molecule has 0 radical (unpaired) electrons. The molecule has 1 heterocycles. The van der Waals surface area contributed by atoms with Gasteiger partial charge in [-0.1, -0.05) is 11.8 Å². The van der Waals surface area contributed by atoms with Gasteiger partial charge in [0.05, 0.1) is 16.8 Å². The lowest BCUT2D eigenvalue weighted by Gasteiger charge is -2.10. The zero-order chi connectivity index (χ0) is 13.8. The van der Waals surface area contributed by atoms with E-state index in [2.05, 4.69) is 10.3 Å². The van der Waals surface area contributed by atoms with Gasteiger partial charge in [-0.15, -0.1) is 11.3 Å². The smallest absolute Gasteiger partial charge is 0.243 e. The minimum absolute atomic E-state index is 0.200. The zero-order valence-corrected chi connectivity index (χ0v) is 12.3. The van der Waals surface area contributed by atoms with Gasteiger partial charge in [0.1, 0.15) is 6.04 Å². The largest absolute Gasteiger partial charge is 0.383 e. The average Bonchev–Trinajstić information content (AvgIpc) is 2.81. The van der Waals surface area contributed by atoms with Gasteiger partial charge in [0, 0.05) is 12.8 Å². The predicted octanol–water partition coefficient (Wildman–Crippen LogP) is 1.93. The summed E-state index contributed by atoms with van der Waals surface area (Å²) in [6, 6.07) is 4.96. The normalized spacial score (nSPS) is 12.6. The molecule has 19 heavy (non-hydrogen) atoms. The molecular weight excluding hydrogens is 282 g/mol. The van der Waals surface area contributed by atoms with Crippen molar-refractivity contribution in [3.05, 3.63) is 18.2 Å². The Morgan fingerprint density at radius 2 is 2.42 bits per heavy atom. The number of amides is 1. The number of benzene rings is 1. The van der Waals surface area contributed by atoms with E-state index in [1.54, 1.807) is 23.1 Å². The van der Waals surface area contributed by atoms with E-state index in [1.165, 1.54) is 7.11 Å². The van der Waals surface area contributed by atoms with Gasteiger partial charge in [-0.2, -0.15) is 0 Å². The van der Waals surface area contributed by atoms with E-state index < -0.39 is 6.04 Å². The second kappa shape index (κ2) is 6.33. The van der Waals surface area contributed by atoms with Crippen LogP contribution in [0, 0.1) is 0 Å². The monoisotopic (exact) mass is 297 g/mol. The number of carbonyl (C=O) groups is 1. The number of nitrogens with zero attached hydrogens (tertiary/aromatic N) is 1. The van der Waals surface area contributed by atoms with Crippen molar-refractivity contribution in [3.63, 3.8) is 0 Å². The molecular formula is C12H15N3O2S2. The van der Waals surface area contributed by atoms with Crippen LogP contribution < -0.4 is 11.1 Å². The van der Waals surface area contributed by atoms with E-state index in [4.69, 9.17) is 10.5 Å². The van der Waals surface area contributed by atoms with Crippen LogP contribution in [0.25, 0.3) is 10.2 Å². The number of nitrogens with one attached hydrogen (secondary N) is 1. The minimum atomic E-state index is -0.663. The van der Waals surface area contributed by atoms with Gasteiger partial charge < -0.3 is 15.8 Å². The van der Waals surface area contributed by atoms with Crippen molar-refractivity contribution >= 4 is 44.9 Å². The SMILES string of the molecule is COCC(N)C(=O)Nc1ccc2nc(SC)sc2c1. The molecule has 0 saturated carbocycles. The molecule has 0 aliphatic heterocycles. The minimum Gasteiger partial charge on any atom is -0.383 e. The molecule has 0 spiro atoms. The first-order valence-electron chi connectivity index (χ1n) is 5.64. The topological polar surface area (TPSA) is 77.2 Å². The Labute approximate surface area is 119 Å². The number of nitrogens with two attached hydrogens (primary N) is 1. The fourth-order valence-electron chi connectivity index (χ4n) is 1.56. The van der Waals surface area contributed by atoms with Crippen LogP contribution in [0.15, 0.2) is 22.5 Å². The van der Waals surface area contributed by atoms with Crippen LogP contribution in [0.1, 0.15) is 0 Å². The number of rotatable bonds is 5. The zero-order valence-electron chi connectivity index (χ0n) is 10.7. The number of fused-ring (bicyclic) bond motifs is 1. The standard InChI is InChI=1S/C12H15N3O2S2/c1-17-6-8(13)11(16)14-7-3-4-9-10(5-7)19-12(15-9)18-2/h3-5,8H,6,13H2,1-2H3,(H,14,16). The Bertz CT molecular complexity index is 585. The van der Waals surface area contributed by atoms with E-state index >= 15 is 0 Å². The van der Waals surface area contributed by atoms with E-state index in [1.807, 2.05) is 24.5 Å². The molecule has 0 bridgehead atoms. The van der Waals surface area contributed by atoms with Crippen molar-refractivity contribution in [3.8, 4) is 0 Å². The molecule has 3 N–H and O–H groups in total. The number of aromatic nitrogens is 1. The summed E-state index contributed by atoms with van der Waals surface area (Å²) in [4.78, 5) is 16.2. The molecule has 102 valence electrons. The van der Waals surface area contributed by atoms with Gasteiger partial charge in [-0.05, 0) is 24.5 Å². The molecule has 0 aliphatic carbocycles. The summed E-state index contributed by atoms with van der Waals surface area (Å²) >= 11 is 3.21. The first kappa shape index (κ1) is 14.3. The molecule has 0 fully saturated rings. The lowest BCUT2D eigenvalue weighted by atomic mass is 10.2. The number of thiazole rings is 1. The highest BCUT2D eigenvalue weighted by atomic mass is 32.2. The van der Waals surface area contributed by atoms with Gasteiger partial charge in [0.2, 0.25) is 5.91 Å². The summed E-state index contributed by atoms with van der Waals surface area (Å²) in [7, 11) is 1.51. The third-order valence-corrected chi connectivity index (χ3v) is 4.50. The van der Waals surface area contributed by atoms with E-state index in [0.717, 1.165) is 20.2 Å². The first-order valence-corrected chi connectivity index (χ1v) is 7.68. The molecule has 0 saturated heterocycles. The quantitative estimate of drug-likeness (QED) is 0.825. The third-order valence-electron chi connectivity index (χ3n) is 2.49. The van der Waals surface area contributed by atoms with Gasteiger partial charge in [-0.25, -0.2) is 4.98 Å². The van der Waals surface area contributed by atoms with Crippen molar-refractivity contribution in [1.82, 2.24) is 4.98 Å². The third kappa shape index (κ3) is 3.44. The predicted molar refractivity (Wildman–Crippen MR) is 79.9 cm³/mol. The van der Waals surface area contributed by atoms with Gasteiger partial charge in [0.25, 0.3) is 0 Å². The Hall–Kier alpha value is -1.15. The number of anilines is 1. The molecule has 1 amide bonds. The van der Waals surface area contributed by atoms with Crippen molar-refractivity contribution < 1.29 is 9.53 Å². The maximum Gasteiger partial charge on any atom is 0.243 e. The molecule has 7 heteroatoms. The van der Waals surface area contributed by atoms with Crippen molar-refractivity contribution in [2.24, 2.45) is 5.73 Å². The summed E-state index contributed by atoms with van der Waals surface area (Å²) in [5, 5.41) is 2.77. The van der Waals surface area contributed by atoms with E-state index in [9.17, 15) is 4.79 Å². The van der Waals surface area contributed by atoms with E-state index in [0.29, 0.717) is 0 Å². The second-order valence-corrected chi connectivity index (χ2v) is 6.00. The molecule has 0 aliphatic rings. The maximum absolute atomic E-state index is 11.8. The Morgan fingerprint density at radius 3 is 3.11 bits per heavy atom. The molecule has 1 unspecified atom stereocenters. The van der Waals surface area contributed by atoms with Gasteiger partial charge in [-0.3, -0.25) is 4.79 Å². The van der Waals surface area contributed by atoms with Crippen LogP contribution in [0.3, 0.4) is 0 Å². The highest BCUT2D eigenvalue weighted by Gasteiger charge is 2.13. The van der Waals surface area contributed by atoms with Crippen LogP contribution in [0.2, 0.25) is 0 Å². The number of thioether (sulfide) groups is 1. The van der Waals surface area contributed by atoms with Crippen LogP contribution in [0.5, 0.6) is 0 Å². The molecule has 1 aromatic carbocycles. The molecule has 1 aromatic heterocycles. The Kier molecular flexibility index (Phi) is 4.76. The number of carbonyl (C=O) groups excluding carboxylic acids is 1. The summed E-state index contributed by atoms with van der Waals surface area (Å²) < 4.78 is 6.91. The van der Waals surface area contributed by atoms with Crippen LogP contribution in [-0.2, 0) is 9.53 Å². The summed E-state index contributed by atoms with van der Waals surface area (Å²) in [6.45, 7) is 0.200. The summed E-state index contributed by atoms with van der Waals surface area (Å²) in [6.07, 6.45) is 1.99. The lowest BCUT2D eigenvalue weighted by Crippen LogP contribution is -2.39. The molecule has 1 atom stereocenters. The summed E-state index contributed by atoms with van der Waals surface area (Å²) in [5.74, 6) is -0.254. The van der Waals surface area contributed by atoms with Crippen molar-refractivity contribution in [2.45, 2.75) is 10.4 Å². The van der Waals surface area contributed by atoms with E-state index in [-0.39, 0.29) is 12.5 Å². The number of ether oxygens (including phenoxy) is 1. The first-order chi connectivity index (χ1) is 9.13. The van der Waals surface area contributed by atoms with Crippen molar-refractivity contribution in [1.29, 1.82) is 0 Å². The van der Waals surface area contributed by atoms with Crippen molar-refractivity contribution in [2.75, 3.05) is 25.3 Å². The number of hydrogen-bond acceptors (Lipinski definition) is 6. The summed E-state index contributed by atoms with van der Waals surface area (Å²) in [5.41, 5.74) is 7.32. The number of methoxy groups -OCH3 is 1.